The molecule has 3 aromatic heterocycles. The molecule has 0 spiro atoms. The summed E-state index contributed by atoms with van der Waals surface area (Å²) in [6, 6.07) is 10.5. The van der Waals surface area contributed by atoms with Crippen molar-refractivity contribution >= 4 is 22.6 Å². The molecule has 0 saturated carbocycles. The first kappa shape index (κ1) is 17.6. The molecule has 0 N–H and O–H groups in total. The van der Waals surface area contributed by atoms with Gasteiger partial charge in [0.1, 0.15) is 5.69 Å². The second-order valence-corrected chi connectivity index (χ2v) is 6.71. The number of nitrogens with zero attached hydrogens (tertiary/aromatic N) is 5. The zero-order valence-electron chi connectivity index (χ0n) is 14.7. The van der Waals surface area contributed by atoms with Crippen LogP contribution in [-0.4, -0.2) is 24.5 Å². The number of aromatic nitrogens is 5. The van der Waals surface area contributed by atoms with Crippen molar-refractivity contribution < 1.29 is 8.78 Å². The summed E-state index contributed by atoms with van der Waals surface area (Å²) in [4.78, 5) is 4.60. The highest BCUT2D eigenvalue weighted by Gasteiger charge is 2.22. The molecule has 0 unspecified atom stereocenters. The third-order valence-electron chi connectivity index (χ3n) is 4.40. The van der Waals surface area contributed by atoms with Crippen molar-refractivity contribution in [1.82, 2.24) is 24.5 Å². The van der Waals surface area contributed by atoms with E-state index in [-0.39, 0.29) is 5.56 Å². The maximum absolute atomic E-state index is 13.8. The van der Waals surface area contributed by atoms with Crippen molar-refractivity contribution in [2.24, 2.45) is 7.05 Å². The van der Waals surface area contributed by atoms with Crippen LogP contribution in [0.5, 0.6) is 0 Å². The number of rotatable bonds is 4. The Kier molecular flexibility index (Phi) is 4.39. The molecule has 5 nitrogen and oxygen atoms in total. The largest absolute Gasteiger partial charge is 0.275 e. The number of benzene rings is 1. The molecule has 0 aliphatic carbocycles. The van der Waals surface area contributed by atoms with Crippen LogP contribution in [0.1, 0.15) is 23.2 Å². The SMILES string of the molecule is Cc1nn(Cc2ccccc2Cl)c2nc(-c3ccn(C)n3)cc(C(F)F)c12. The number of pyridine rings is 1. The van der Waals surface area contributed by atoms with E-state index < -0.39 is 6.43 Å². The molecule has 138 valence electrons. The van der Waals surface area contributed by atoms with Crippen LogP contribution in [0.4, 0.5) is 8.78 Å². The molecular weight excluding hydrogens is 372 g/mol. The molecule has 0 bridgehead atoms. The van der Waals surface area contributed by atoms with Crippen molar-refractivity contribution in [3.63, 3.8) is 0 Å². The van der Waals surface area contributed by atoms with Crippen LogP contribution in [0.15, 0.2) is 42.6 Å². The molecule has 27 heavy (non-hydrogen) atoms. The van der Waals surface area contributed by atoms with E-state index in [0.717, 1.165) is 5.56 Å². The van der Waals surface area contributed by atoms with Crippen LogP contribution in [0.2, 0.25) is 5.02 Å². The average Bonchev–Trinajstić information content (AvgIpc) is 3.20. The predicted octanol–water partition coefficient (Wildman–Crippen LogP) is 4.78. The molecule has 0 radical (unpaired) electrons. The smallest absolute Gasteiger partial charge is 0.264 e. The fourth-order valence-corrected chi connectivity index (χ4v) is 3.34. The summed E-state index contributed by atoms with van der Waals surface area (Å²) in [6.45, 7) is 2.05. The minimum Gasteiger partial charge on any atom is -0.275 e. The first-order chi connectivity index (χ1) is 12.9. The minimum atomic E-state index is -2.64. The van der Waals surface area contributed by atoms with E-state index in [9.17, 15) is 8.78 Å². The summed E-state index contributed by atoms with van der Waals surface area (Å²) in [5.74, 6) is 0. The van der Waals surface area contributed by atoms with Gasteiger partial charge in [-0.25, -0.2) is 18.4 Å². The number of hydrogen-bond donors (Lipinski definition) is 0. The Morgan fingerprint density at radius 3 is 2.56 bits per heavy atom. The summed E-state index contributed by atoms with van der Waals surface area (Å²) in [5.41, 5.74) is 2.57. The van der Waals surface area contributed by atoms with Crippen LogP contribution in [0, 0.1) is 6.92 Å². The fraction of sp³-hybridized carbons (Fsp3) is 0.211. The summed E-state index contributed by atoms with van der Waals surface area (Å²) in [7, 11) is 1.77. The van der Waals surface area contributed by atoms with E-state index in [1.54, 1.807) is 41.7 Å². The van der Waals surface area contributed by atoms with Crippen LogP contribution < -0.4 is 0 Å². The first-order valence-electron chi connectivity index (χ1n) is 8.33. The van der Waals surface area contributed by atoms with Crippen LogP contribution in [0.25, 0.3) is 22.4 Å². The van der Waals surface area contributed by atoms with E-state index in [1.807, 2.05) is 18.2 Å². The highest BCUT2D eigenvalue weighted by atomic mass is 35.5. The lowest BCUT2D eigenvalue weighted by Gasteiger charge is -2.08. The van der Waals surface area contributed by atoms with Crippen molar-refractivity contribution in [2.75, 3.05) is 0 Å². The van der Waals surface area contributed by atoms with Gasteiger partial charge in [-0.05, 0) is 30.7 Å². The summed E-state index contributed by atoms with van der Waals surface area (Å²) >= 11 is 6.25. The molecule has 1 aromatic carbocycles. The van der Waals surface area contributed by atoms with Gasteiger partial charge in [-0.2, -0.15) is 10.2 Å². The normalized spacial score (nSPS) is 11.6. The Balaban J connectivity index is 1.93. The average molecular weight is 388 g/mol. The number of hydrogen-bond acceptors (Lipinski definition) is 3. The lowest BCUT2D eigenvalue weighted by Crippen LogP contribution is -2.04. The Bertz CT molecular complexity index is 1130. The van der Waals surface area contributed by atoms with E-state index in [1.165, 1.54) is 6.07 Å². The summed E-state index contributed by atoms with van der Waals surface area (Å²) < 4.78 is 30.8. The Morgan fingerprint density at radius 2 is 1.89 bits per heavy atom. The lowest BCUT2D eigenvalue weighted by molar-refractivity contribution is 0.153. The number of halogens is 3. The molecule has 4 rings (SSSR count). The van der Waals surface area contributed by atoms with Crippen LogP contribution in [-0.2, 0) is 13.6 Å². The molecule has 4 aromatic rings. The van der Waals surface area contributed by atoms with Gasteiger partial charge in [0.2, 0.25) is 0 Å². The highest BCUT2D eigenvalue weighted by Crippen LogP contribution is 2.33. The fourth-order valence-electron chi connectivity index (χ4n) is 3.14. The molecule has 0 amide bonds. The summed E-state index contributed by atoms with van der Waals surface area (Å²) in [5, 5.41) is 9.69. The van der Waals surface area contributed by atoms with Gasteiger partial charge < -0.3 is 0 Å². The Hall–Kier alpha value is -2.80. The van der Waals surface area contributed by atoms with Gasteiger partial charge in [0.05, 0.1) is 23.3 Å². The number of fused-ring (bicyclic) bond motifs is 1. The van der Waals surface area contributed by atoms with Gasteiger partial charge in [0.15, 0.2) is 5.65 Å². The lowest BCUT2D eigenvalue weighted by atomic mass is 10.1. The van der Waals surface area contributed by atoms with E-state index in [0.29, 0.717) is 39.7 Å². The quantitative estimate of drug-likeness (QED) is 0.506. The van der Waals surface area contributed by atoms with E-state index in [2.05, 4.69) is 15.2 Å². The number of alkyl halides is 2. The van der Waals surface area contributed by atoms with Crippen molar-refractivity contribution in [2.45, 2.75) is 19.9 Å². The van der Waals surface area contributed by atoms with Gasteiger partial charge in [0.25, 0.3) is 6.43 Å². The molecule has 0 fully saturated rings. The van der Waals surface area contributed by atoms with Gasteiger partial charge >= 0.3 is 0 Å². The highest BCUT2D eigenvalue weighted by molar-refractivity contribution is 6.31. The first-order valence-corrected chi connectivity index (χ1v) is 8.71. The van der Waals surface area contributed by atoms with Crippen LogP contribution in [0.3, 0.4) is 0 Å². The topological polar surface area (TPSA) is 48.5 Å². The van der Waals surface area contributed by atoms with Gasteiger partial charge in [-0.15, -0.1) is 0 Å². The second-order valence-electron chi connectivity index (χ2n) is 6.31. The minimum absolute atomic E-state index is 0.0939. The predicted molar refractivity (Wildman–Crippen MR) is 100.0 cm³/mol. The third-order valence-corrected chi connectivity index (χ3v) is 4.77. The van der Waals surface area contributed by atoms with Crippen molar-refractivity contribution in [3.8, 4) is 11.4 Å². The maximum atomic E-state index is 13.8. The van der Waals surface area contributed by atoms with Crippen molar-refractivity contribution in [1.29, 1.82) is 0 Å². The zero-order valence-corrected chi connectivity index (χ0v) is 15.5. The Morgan fingerprint density at radius 1 is 1.11 bits per heavy atom. The zero-order chi connectivity index (χ0) is 19.1. The standard InChI is InChI=1S/C19H16ClF2N5/c1-11-17-13(18(21)22)9-16(15-7-8-26(2)25-15)23-19(17)27(24-11)10-12-5-3-4-6-14(12)20/h3-9,18H,10H2,1-2H3. The third kappa shape index (κ3) is 3.19. The molecule has 0 saturated heterocycles. The number of aryl methyl sites for hydroxylation is 2. The van der Waals surface area contributed by atoms with Gasteiger partial charge in [-0.1, -0.05) is 29.8 Å². The molecule has 8 heteroatoms. The van der Waals surface area contributed by atoms with Crippen molar-refractivity contribution in [3.05, 3.63) is 64.4 Å². The van der Waals surface area contributed by atoms with E-state index >= 15 is 0 Å². The van der Waals surface area contributed by atoms with Gasteiger partial charge in [0, 0.05) is 23.8 Å². The molecule has 0 aliphatic rings. The second kappa shape index (κ2) is 6.74. The monoisotopic (exact) mass is 387 g/mol. The van der Waals surface area contributed by atoms with E-state index in [4.69, 9.17) is 11.6 Å². The summed E-state index contributed by atoms with van der Waals surface area (Å²) in [6.07, 6.45) is -0.898. The Labute approximate surface area is 159 Å². The molecule has 0 atom stereocenters. The molecule has 3 heterocycles. The van der Waals surface area contributed by atoms with Crippen LogP contribution >= 0.6 is 11.6 Å². The maximum Gasteiger partial charge on any atom is 0.264 e. The molecular formula is C19H16ClF2N5. The van der Waals surface area contributed by atoms with Gasteiger partial charge in [-0.3, -0.25) is 4.68 Å². The molecule has 0 aliphatic heterocycles.